The quantitative estimate of drug-likeness (QED) is 0.658. The van der Waals surface area contributed by atoms with Crippen LogP contribution in [0.15, 0.2) is 30.3 Å². The van der Waals surface area contributed by atoms with Gasteiger partial charge in [-0.15, -0.1) is 0 Å². The Hall–Kier alpha value is -0.860. The first-order chi connectivity index (χ1) is 7.95. The van der Waals surface area contributed by atoms with E-state index in [1.54, 1.807) is 0 Å². The molecule has 1 aliphatic rings. The molecule has 2 heteroatoms. The first-order valence-electron chi connectivity index (χ1n) is 6.14. The Kier molecular flexibility index (Phi) is 4.84. The molecule has 1 aromatic rings. The summed E-state index contributed by atoms with van der Waals surface area (Å²) in [6, 6.07) is 10.3. The minimum Gasteiger partial charge on any atom is -0.381 e. The fourth-order valence-electron chi connectivity index (χ4n) is 1.85. The zero-order valence-electron chi connectivity index (χ0n) is 9.73. The third-order valence-corrected chi connectivity index (χ3v) is 2.97. The van der Waals surface area contributed by atoms with Crippen molar-refractivity contribution in [3.8, 4) is 0 Å². The lowest BCUT2D eigenvalue weighted by Gasteiger charge is -2.25. The fourth-order valence-corrected chi connectivity index (χ4v) is 1.85. The molecule has 0 radical (unpaired) electrons. The van der Waals surface area contributed by atoms with Crippen molar-refractivity contribution in [3.63, 3.8) is 0 Å². The predicted octanol–water partition coefficient (Wildman–Crippen LogP) is 3.02. The molecule has 0 bridgehead atoms. The van der Waals surface area contributed by atoms with Gasteiger partial charge >= 0.3 is 0 Å². The summed E-state index contributed by atoms with van der Waals surface area (Å²) in [7, 11) is 0. The molecule has 0 saturated carbocycles. The molecule has 0 unspecified atom stereocenters. The molecule has 1 heterocycles. The molecular weight excluding hydrogens is 200 g/mol. The molecular formula is C14H20O2. The highest BCUT2D eigenvalue weighted by Crippen LogP contribution is 2.17. The Balaban J connectivity index is 1.45. The van der Waals surface area contributed by atoms with Gasteiger partial charge in [-0.2, -0.15) is 0 Å². The zero-order chi connectivity index (χ0) is 11.1. The molecule has 2 rings (SSSR count). The van der Waals surface area contributed by atoms with E-state index in [1.807, 2.05) is 6.07 Å². The molecule has 0 aliphatic carbocycles. The van der Waals surface area contributed by atoms with E-state index in [9.17, 15) is 0 Å². The van der Waals surface area contributed by atoms with Gasteiger partial charge in [-0.1, -0.05) is 36.8 Å². The zero-order valence-corrected chi connectivity index (χ0v) is 9.73. The highest BCUT2D eigenvalue weighted by atomic mass is 16.5. The molecule has 88 valence electrons. The van der Waals surface area contributed by atoms with E-state index in [4.69, 9.17) is 9.47 Å². The maximum Gasteiger partial charge on any atom is 0.0716 e. The molecule has 16 heavy (non-hydrogen) atoms. The first kappa shape index (κ1) is 11.6. The van der Waals surface area contributed by atoms with Crippen LogP contribution in [0.25, 0.3) is 0 Å². The van der Waals surface area contributed by atoms with Crippen molar-refractivity contribution >= 4 is 0 Å². The Labute approximate surface area is 97.6 Å². The van der Waals surface area contributed by atoms with E-state index in [-0.39, 0.29) is 0 Å². The van der Waals surface area contributed by atoms with Gasteiger partial charge < -0.3 is 9.47 Å². The average molecular weight is 220 g/mol. The van der Waals surface area contributed by atoms with Crippen LogP contribution in [0.1, 0.15) is 24.8 Å². The van der Waals surface area contributed by atoms with Gasteiger partial charge in [0.1, 0.15) is 0 Å². The highest BCUT2D eigenvalue weighted by Gasteiger charge is 2.16. The van der Waals surface area contributed by atoms with Crippen molar-refractivity contribution < 1.29 is 9.47 Å². The summed E-state index contributed by atoms with van der Waals surface area (Å²) in [5, 5.41) is 0. The first-order valence-corrected chi connectivity index (χ1v) is 6.14. The molecule has 0 amide bonds. The largest absolute Gasteiger partial charge is 0.381 e. The molecule has 1 saturated heterocycles. The predicted molar refractivity (Wildman–Crippen MR) is 64.3 cm³/mol. The summed E-state index contributed by atoms with van der Waals surface area (Å²) in [4.78, 5) is 0. The number of hydrogen-bond acceptors (Lipinski definition) is 2. The van der Waals surface area contributed by atoms with Gasteiger partial charge in [0.25, 0.3) is 0 Å². The van der Waals surface area contributed by atoms with Crippen LogP contribution in [-0.4, -0.2) is 19.8 Å². The lowest BCUT2D eigenvalue weighted by atomic mass is 10.0. The van der Waals surface area contributed by atoms with Crippen molar-refractivity contribution in [1.82, 2.24) is 0 Å². The topological polar surface area (TPSA) is 18.5 Å². The van der Waals surface area contributed by atoms with Crippen molar-refractivity contribution in [2.75, 3.05) is 19.8 Å². The number of rotatable bonds is 7. The Morgan fingerprint density at radius 1 is 1.12 bits per heavy atom. The molecule has 1 aliphatic heterocycles. The summed E-state index contributed by atoms with van der Waals surface area (Å²) in [6.07, 6.45) is 3.74. The third-order valence-electron chi connectivity index (χ3n) is 2.97. The van der Waals surface area contributed by atoms with Crippen LogP contribution >= 0.6 is 0 Å². The molecule has 0 aromatic heterocycles. The Morgan fingerprint density at radius 3 is 2.62 bits per heavy atom. The maximum atomic E-state index is 5.62. The number of hydrogen-bond donors (Lipinski definition) is 0. The van der Waals surface area contributed by atoms with Crippen LogP contribution in [0.4, 0.5) is 0 Å². The van der Waals surface area contributed by atoms with E-state index in [0.717, 1.165) is 32.3 Å². The summed E-state index contributed by atoms with van der Waals surface area (Å²) >= 11 is 0. The van der Waals surface area contributed by atoms with Crippen molar-refractivity contribution in [2.45, 2.75) is 25.9 Å². The van der Waals surface area contributed by atoms with Crippen LogP contribution in [0.2, 0.25) is 0 Å². The number of ether oxygens (including phenoxy) is 2. The van der Waals surface area contributed by atoms with Crippen LogP contribution < -0.4 is 0 Å². The third kappa shape index (κ3) is 3.95. The Morgan fingerprint density at radius 2 is 1.94 bits per heavy atom. The van der Waals surface area contributed by atoms with E-state index < -0.39 is 0 Å². The van der Waals surface area contributed by atoms with Gasteiger partial charge in [-0.25, -0.2) is 0 Å². The van der Waals surface area contributed by atoms with E-state index >= 15 is 0 Å². The van der Waals surface area contributed by atoms with E-state index in [1.165, 1.54) is 24.8 Å². The normalized spacial score (nSPS) is 16.0. The Bertz CT molecular complexity index is 280. The average Bonchev–Trinajstić information content (AvgIpc) is 2.27. The highest BCUT2D eigenvalue weighted by molar-refractivity contribution is 5.13. The molecule has 0 N–H and O–H groups in total. The lowest BCUT2D eigenvalue weighted by Crippen LogP contribution is -2.27. The summed E-state index contributed by atoms with van der Waals surface area (Å²) in [5.74, 6) is 0.828. The standard InChI is InChI=1S/C14H20O2/c1-2-6-13(7-3-1)10-15-9-5-4-8-14-11-16-12-14/h1-3,6-7,14H,4-5,8-12H2. The van der Waals surface area contributed by atoms with Gasteiger partial charge in [-0.05, 0) is 18.4 Å². The van der Waals surface area contributed by atoms with Crippen molar-refractivity contribution in [3.05, 3.63) is 35.9 Å². The van der Waals surface area contributed by atoms with Gasteiger partial charge in [0.2, 0.25) is 0 Å². The second-order valence-corrected chi connectivity index (χ2v) is 4.44. The minimum atomic E-state index is 0.743. The molecule has 1 aromatic carbocycles. The van der Waals surface area contributed by atoms with Crippen molar-refractivity contribution in [1.29, 1.82) is 0 Å². The van der Waals surface area contributed by atoms with Gasteiger partial charge in [-0.3, -0.25) is 0 Å². The second kappa shape index (κ2) is 6.66. The fraction of sp³-hybridized carbons (Fsp3) is 0.571. The smallest absolute Gasteiger partial charge is 0.0716 e. The van der Waals surface area contributed by atoms with Crippen LogP contribution in [0, 0.1) is 5.92 Å². The van der Waals surface area contributed by atoms with E-state index in [2.05, 4.69) is 24.3 Å². The van der Waals surface area contributed by atoms with Gasteiger partial charge in [0.15, 0.2) is 0 Å². The van der Waals surface area contributed by atoms with Gasteiger partial charge in [0, 0.05) is 12.5 Å². The summed E-state index contributed by atoms with van der Waals surface area (Å²) in [6.45, 7) is 3.57. The van der Waals surface area contributed by atoms with E-state index in [0.29, 0.717) is 0 Å². The number of unbranched alkanes of at least 4 members (excludes halogenated alkanes) is 1. The molecule has 0 atom stereocenters. The van der Waals surface area contributed by atoms with Crippen LogP contribution in [0.3, 0.4) is 0 Å². The summed E-state index contributed by atoms with van der Waals surface area (Å²) in [5.41, 5.74) is 1.26. The summed E-state index contributed by atoms with van der Waals surface area (Å²) < 4.78 is 10.8. The SMILES string of the molecule is c1ccc(COCCCCC2COC2)cc1. The van der Waals surface area contributed by atoms with Crippen LogP contribution in [-0.2, 0) is 16.1 Å². The van der Waals surface area contributed by atoms with Gasteiger partial charge in [0.05, 0.1) is 19.8 Å². The minimum absolute atomic E-state index is 0.743. The molecule has 2 nitrogen and oxygen atoms in total. The number of benzene rings is 1. The molecule has 0 spiro atoms. The second-order valence-electron chi connectivity index (χ2n) is 4.44. The van der Waals surface area contributed by atoms with Crippen LogP contribution in [0.5, 0.6) is 0 Å². The molecule has 1 fully saturated rings. The monoisotopic (exact) mass is 220 g/mol. The lowest BCUT2D eigenvalue weighted by molar-refractivity contribution is -0.0371. The maximum absolute atomic E-state index is 5.62. The van der Waals surface area contributed by atoms with Crippen molar-refractivity contribution in [2.24, 2.45) is 5.92 Å².